The number of alkyl halides is 3. The summed E-state index contributed by atoms with van der Waals surface area (Å²) in [6.45, 7) is 2.44. The van der Waals surface area contributed by atoms with Crippen molar-refractivity contribution >= 4 is 37.6 Å². The highest BCUT2D eigenvalue weighted by Crippen LogP contribution is 2.42. The lowest BCUT2D eigenvalue weighted by molar-refractivity contribution is -0.136. The number of methoxy groups -OCH3 is 2. The Morgan fingerprint density at radius 3 is 2.52 bits per heavy atom. The molecule has 0 unspecified atom stereocenters. The minimum Gasteiger partial charge on any atom is -0.493 e. The Labute approximate surface area is 192 Å². The van der Waals surface area contributed by atoms with Crippen LogP contribution in [0.3, 0.4) is 0 Å². The second-order valence-corrected chi connectivity index (χ2v) is 8.46. The largest absolute Gasteiger partial charge is 0.493 e. The quantitative estimate of drug-likeness (QED) is 0.342. The number of thiophene rings is 1. The van der Waals surface area contributed by atoms with E-state index < -0.39 is 11.7 Å². The van der Waals surface area contributed by atoms with Gasteiger partial charge in [0.2, 0.25) is 0 Å². The topological polar surface area (TPSA) is 69.2 Å². The highest BCUT2D eigenvalue weighted by molar-refractivity contribution is 7.26. The summed E-state index contributed by atoms with van der Waals surface area (Å²) in [5.41, 5.74) is 1.02. The van der Waals surface area contributed by atoms with Crippen LogP contribution in [-0.4, -0.2) is 35.7 Å². The maximum atomic E-state index is 13.8. The summed E-state index contributed by atoms with van der Waals surface area (Å²) in [6, 6.07) is 6.81. The molecular formula is C23H23F3N4O2S. The molecule has 3 aromatic heterocycles. The minimum absolute atomic E-state index is 0.0349. The maximum absolute atomic E-state index is 13.8. The van der Waals surface area contributed by atoms with Crippen LogP contribution in [0.4, 0.5) is 19.0 Å². The van der Waals surface area contributed by atoms with Crippen molar-refractivity contribution in [1.82, 2.24) is 15.0 Å². The number of pyridine rings is 1. The van der Waals surface area contributed by atoms with E-state index in [0.717, 1.165) is 11.6 Å². The lowest BCUT2D eigenvalue weighted by atomic mass is 10.1. The zero-order valence-corrected chi connectivity index (χ0v) is 19.2. The van der Waals surface area contributed by atoms with Crippen LogP contribution < -0.4 is 14.8 Å². The number of aryl methyl sites for hydroxylation is 1. The summed E-state index contributed by atoms with van der Waals surface area (Å²) in [5, 5.41) is 3.27. The first-order chi connectivity index (χ1) is 15.9. The van der Waals surface area contributed by atoms with Gasteiger partial charge >= 0.3 is 6.18 Å². The second-order valence-electron chi connectivity index (χ2n) is 7.46. The summed E-state index contributed by atoms with van der Waals surface area (Å²) in [6.07, 6.45) is -1.36. The van der Waals surface area contributed by atoms with Crippen molar-refractivity contribution in [3.8, 4) is 11.5 Å². The Balaban J connectivity index is 1.66. The standard InChI is InChI=1S/C23H23F3N4O2S/c1-4-5-14-11-15(23(24,25)26)18-19-20(33-22(18)30-14)21(29-12-28-19)27-9-8-13-6-7-16(31-2)17(10-13)32-3/h6-7,10-12H,4-5,8-9H2,1-3H3,(H,27,28,29). The molecule has 0 saturated heterocycles. The molecule has 3 heterocycles. The van der Waals surface area contributed by atoms with Crippen molar-refractivity contribution in [3.05, 3.63) is 47.4 Å². The molecule has 33 heavy (non-hydrogen) atoms. The van der Waals surface area contributed by atoms with Crippen molar-refractivity contribution in [3.63, 3.8) is 0 Å². The fraction of sp³-hybridized carbons (Fsp3) is 0.348. The van der Waals surface area contributed by atoms with Gasteiger partial charge in [-0.15, -0.1) is 11.3 Å². The Bertz CT molecular complexity index is 1290. The minimum atomic E-state index is -4.50. The number of nitrogens with zero attached hydrogens (tertiary/aromatic N) is 3. The molecule has 6 nitrogen and oxygen atoms in total. The Morgan fingerprint density at radius 2 is 1.82 bits per heavy atom. The predicted octanol–water partition coefficient (Wildman–Crippen LogP) is 5.88. The Hall–Kier alpha value is -3.14. The van der Waals surface area contributed by atoms with E-state index in [1.54, 1.807) is 14.2 Å². The molecule has 0 aliphatic carbocycles. The highest BCUT2D eigenvalue weighted by atomic mass is 32.1. The molecule has 10 heteroatoms. The molecule has 1 aromatic carbocycles. The van der Waals surface area contributed by atoms with Gasteiger partial charge in [0.15, 0.2) is 11.5 Å². The summed E-state index contributed by atoms with van der Waals surface area (Å²) < 4.78 is 52.7. The van der Waals surface area contributed by atoms with Crippen molar-refractivity contribution in [1.29, 1.82) is 0 Å². The molecule has 0 saturated carbocycles. The summed E-state index contributed by atoms with van der Waals surface area (Å²) >= 11 is 1.18. The fourth-order valence-electron chi connectivity index (χ4n) is 3.72. The smallest absolute Gasteiger partial charge is 0.417 e. The van der Waals surface area contributed by atoms with E-state index in [1.165, 1.54) is 17.7 Å². The molecule has 0 atom stereocenters. The number of fused-ring (bicyclic) bond motifs is 3. The lowest BCUT2D eigenvalue weighted by Crippen LogP contribution is -2.08. The van der Waals surface area contributed by atoms with E-state index >= 15 is 0 Å². The fourth-order valence-corrected chi connectivity index (χ4v) is 4.85. The van der Waals surface area contributed by atoms with E-state index in [4.69, 9.17) is 9.47 Å². The average Bonchev–Trinajstić information content (AvgIpc) is 3.17. The third kappa shape index (κ3) is 4.66. The van der Waals surface area contributed by atoms with E-state index in [9.17, 15) is 13.2 Å². The Kier molecular flexibility index (Phi) is 6.55. The van der Waals surface area contributed by atoms with E-state index in [2.05, 4.69) is 20.3 Å². The second kappa shape index (κ2) is 9.38. The van der Waals surface area contributed by atoms with Gasteiger partial charge in [0.05, 0.1) is 35.4 Å². The molecule has 0 radical (unpaired) electrons. The summed E-state index contributed by atoms with van der Waals surface area (Å²) in [5.74, 6) is 1.78. The van der Waals surface area contributed by atoms with Crippen LogP contribution in [-0.2, 0) is 19.0 Å². The molecule has 0 aliphatic heterocycles. The molecule has 4 aromatic rings. The van der Waals surface area contributed by atoms with Gasteiger partial charge in [0, 0.05) is 12.2 Å². The molecule has 1 N–H and O–H groups in total. The first-order valence-corrected chi connectivity index (χ1v) is 11.3. The van der Waals surface area contributed by atoms with Crippen LogP contribution in [0.2, 0.25) is 0 Å². The van der Waals surface area contributed by atoms with Crippen molar-refractivity contribution in [2.75, 3.05) is 26.1 Å². The van der Waals surface area contributed by atoms with Gasteiger partial charge in [-0.3, -0.25) is 0 Å². The predicted molar refractivity (Wildman–Crippen MR) is 123 cm³/mol. The van der Waals surface area contributed by atoms with Gasteiger partial charge in [0.1, 0.15) is 17.0 Å². The number of hydrogen-bond acceptors (Lipinski definition) is 7. The van der Waals surface area contributed by atoms with Gasteiger partial charge in [-0.25, -0.2) is 15.0 Å². The molecular weight excluding hydrogens is 453 g/mol. The first-order valence-electron chi connectivity index (χ1n) is 10.4. The number of halogens is 3. The zero-order chi connectivity index (χ0) is 23.6. The van der Waals surface area contributed by atoms with Crippen LogP contribution in [0.15, 0.2) is 30.6 Å². The van der Waals surface area contributed by atoms with Crippen LogP contribution in [0.25, 0.3) is 20.4 Å². The van der Waals surface area contributed by atoms with E-state index in [1.807, 2.05) is 25.1 Å². The number of anilines is 1. The van der Waals surface area contributed by atoms with Crippen LogP contribution in [0.1, 0.15) is 30.2 Å². The van der Waals surface area contributed by atoms with Crippen LogP contribution in [0, 0.1) is 0 Å². The average molecular weight is 477 g/mol. The van der Waals surface area contributed by atoms with Crippen molar-refractivity contribution < 1.29 is 22.6 Å². The molecule has 0 bridgehead atoms. The van der Waals surface area contributed by atoms with E-state index in [0.29, 0.717) is 58.3 Å². The lowest BCUT2D eigenvalue weighted by Gasteiger charge is -2.11. The van der Waals surface area contributed by atoms with Gasteiger partial charge in [-0.05, 0) is 36.6 Å². The van der Waals surface area contributed by atoms with Crippen LogP contribution >= 0.6 is 11.3 Å². The van der Waals surface area contributed by atoms with Crippen molar-refractivity contribution in [2.24, 2.45) is 0 Å². The normalized spacial score (nSPS) is 11.8. The Morgan fingerprint density at radius 1 is 1.03 bits per heavy atom. The zero-order valence-electron chi connectivity index (χ0n) is 18.4. The molecule has 0 amide bonds. The third-order valence-corrected chi connectivity index (χ3v) is 6.32. The first kappa shape index (κ1) is 23.0. The highest BCUT2D eigenvalue weighted by Gasteiger charge is 2.35. The SMILES string of the molecule is CCCc1cc(C(F)(F)F)c2c(n1)sc1c(NCCc3ccc(OC)c(OC)c3)ncnc12. The number of hydrogen-bond donors (Lipinski definition) is 1. The number of rotatable bonds is 8. The molecule has 4 rings (SSSR count). The number of benzene rings is 1. The molecule has 0 fully saturated rings. The summed E-state index contributed by atoms with van der Waals surface area (Å²) in [4.78, 5) is 13.3. The van der Waals surface area contributed by atoms with Crippen LogP contribution in [0.5, 0.6) is 11.5 Å². The van der Waals surface area contributed by atoms with Gasteiger partial charge in [0.25, 0.3) is 0 Å². The van der Waals surface area contributed by atoms with Gasteiger partial charge < -0.3 is 14.8 Å². The molecule has 0 aliphatic rings. The van der Waals surface area contributed by atoms with Gasteiger partial charge in [-0.1, -0.05) is 19.4 Å². The maximum Gasteiger partial charge on any atom is 0.417 e. The third-order valence-electron chi connectivity index (χ3n) is 5.24. The van der Waals surface area contributed by atoms with Crippen molar-refractivity contribution in [2.45, 2.75) is 32.4 Å². The monoisotopic (exact) mass is 476 g/mol. The number of aromatic nitrogens is 3. The molecule has 174 valence electrons. The number of ether oxygens (including phenoxy) is 2. The van der Waals surface area contributed by atoms with Gasteiger partial charge in [-0.2, -0.15) is 13.2 Å². The molecule has 0 spiro atoms. The number of nitrogens with one attached hydrogen (secondary N) is 1. The summed E-state index contributed by atoms with van der Waals surface area (Å²) in [7, 11) is 3.16. The van der Waals surface area contributed by atoms with E-state index in [-0.39, 0.29) is 10.9 Å².